The smallest absolute Gasteiger partial charge is 0.302 e. The monoisotopic (exact) mass is 310 g/mol. The molecule has 0 atom stereocenters. The third kappa shape index (κ3) is 17.6. The Bertz CT molecular complexity index is 214. The summed E-state index contributed by atoms with van der Waals surface area (Å²) in [7, 11) is 0. The Morgan fingerprint density at radius 2 is 1.25 bits per heavy atom. The summed E-state index contributed by atoms with van der Waals surface area (Å²) >= 11 is 5.59. The molecule has 0 fully saturated rings. The summed E-state index contributed by atoms with van der Waals surface area (Å²) in [5.41, 5.74) is 0. The highest BCUT2D eigenvalue weighted by Gasteiger charge is 1.94. The van der Waals surface area contributed by atoms with Crippen molar-refractivity contribution in [2.45, 2.75) is 32.6 Å². The molecule has 0 aromatic rings. The van der Waals surface area contributed by atoms with Gasteiger partial charge in [0, 0.05) is 19.4 Å². The first-order chi connectivity index (χ1) is 9.77. The van der Waals surface area contributed by atoms with E-state index in [9.17, 15) is 4.79 Å². The van der Waals surface area contributed by atoms with Crippen LogP contribution in [0.1, 0.15) is 32.6 Å². The molecule has 20 heavy (non-hydrogen) atoms. The van der Waals surface area contributed by atoms with Crippen LogP contribution >= 0.6 is 11.6 Å². The van der Waals surface area contributed by atoms with Crippen molar-refractivity contribution in [2.24, 2.45) is 0 Å². The van der Waals surface area contributed by atoms with Gasteiger partial charge in [-0.3, -0.25) is 4.79 Å². The molecular weight excluding hydrogens is 284 g/mol. The van der Waals surface area contributed by atoms with Gasteiger partial charge in [-0.2, -0.15) is 0 Å². The van der Waals surface area contributed by atoms with Crippen molar-refractivity contribution in [1.29, 1.82) is 0 Å². The van der Waals surface area contributed by atoms with E-state index in [4.69, 9.17) is 30.5 Å². The second kappa shape index (κ2) is 16.7. The summed E-state index contributed by atoms with van der Waals surface area (Å²) < 4.78 is 20.7. The molecule has 0 aromatic carbocycles. The molecule has 0 saturated heterocycles. The summed E-state index contributed by atoms with van der Waals surface area (Å²) in [5, 5.41) is 0. The van der Waals surface area contributed by atoms with E-state index in [0.717, 1.165) is 25.3 Å². The van der Waals surface area contributed by atoms with Gasteiger partial charge in [0.05, 0.1) is 33.0 Å². The number of carbonyl (C=O) groups is 1. The largest absolute Gasteiger partial charge is 0.463 e. The number of hydrogen-bond acceptors (Lipinski definition) is 5. The minimum atomic E-state index is -0.287. The molecule has 0 aromatic heterocycles. The third-order valence-corrected chi connectivity index (χ3v) is 2.72. The lowest BCUT2D eigenvalue weighted by atomic mass is 10.2. The second-order valence-electron chi connectivity index (χ2n) is 4.28. The van der Waals surface area contributed by atoms with Gasteiger partial charge in [0.1, 0.15) is 6.61 Å². The fourth-order valence-electron chi connectivity index (χ4n) is 1.44. The van der Waals surface area contributed by atoms with Gasteiger partial charge in [-0.05, 0) is 12.8 Å². The molecule has 0 heterocycles. The highest BCUT2D eigenvalue weighted by atomic mass is 35.5. The molecule has 0 spiro atoms. The molecule has 0 unspecified atom stereocenters. The molecule has 0 saturated carbocycles. The third-order valence-electron chi connectivity index (χ3n) is 2.45. The first kappa shape index (κ1) is 19.6. The van der Waals surface area contributed by atoms with Crippen LogP contribution in [0.25, 0.3) is 0 Å². The maximum Gasteiger partial charge on any atom is 0.302 e. The average molecular weight is 311 g/mol. The fourth-order valence-corrected chi connectivity index (χ4v) is 1.63. The summed E-state index contributed by atoms with van der Waals surface area (Å²) in [5.74, 6) is 0.460. The molecule has 6 heteroatoms. The van der Waals surface area contributed by atoms with Gasteiger partial charge in [-0.1, -0.05) is 12.8 Å². The minimum absolute atomic E-state index is 0.287. The summed E-state index contributed by atoms with van der Waals surface area (Å²) in [6.07, 6.45) is 4.51. The Hall–Kier alpha value is -0.360. The average Bonchev–Trinajstić information content (AvgIpc) is 2.43. The van der Waals surface area contributed by atoms with E-state index in [1.807, 2.05) is 0 Å². The van der Waals surface area contributed by atoms with E-state index in [-0.39, 0.29) is 5.97 Å². The Morgan fingerprint density at radius 1 is 0.750 bits per heavy atom. The standard InChI is InChI=1S/C14H27ClO5/c1-14(16)20-13-12-19-11-10-18-9-8-17-7-5-3-2-4-6-15/h2-13H2,1H3. The first-order valence-corrected chi connectivity index (χ1v) is 7.73. The van der Waals surface area contributed by atoms with Crippen molar-refractivity contribution in [3.63, 3.8) is 0 Å². The highest BCUT2D eigenvalue weighted by Crippen LogP contribution is 2.00. The van der Waals surface area contributed by atoms with E-state index in [0.29, 0.717) is 39.6 Å². The Balaban J connectivity index is 2.94. The maximum atomic E-state index is 10.5. The maximum absolute atomic E-state index is 10.5. The normalized spacial score (nSPS) is 10.7. The number of hydrogen-bond donors (Lipinski definition) is 0. The van der Waals surface area contributed by atoms with Crippen molar-refractivity contribution in [2.75, 3.05) is 52.1 Å². The topological polar surface area (TPSA) is 54.0 Å². The molecule has 0 aliphatic heterocycles. The van der Waals surface area contributed by atoms with Crippen LogP contribution in [0.5, 0.6) is 0 Å². The van der Waals surface area contributed by atoms with Gasteiger partial charge in [0.2, 0.25) is 0 Å². The van der Waals surface area contributed by atoms with Crippen molar-refractivity contribution < 1.29 is 23.7 Å². The molecule has 120 valence electrons. The van der Waals surface area contributed by atoms with Gasteiger partial charge in [-0.25, -0.2) is 0 Å². The second-order valence-corrected chi connectivity index (χ2v) is 4.66. The van der Waals surface area contributed by atoms with Crippen molar-refractivity contribution in [3.05, 3.63) is 0 Å². The number of unbranched alkanes of at least 4 members (excludes halogenated alkanes) is 3. The van der Waals surface area contributed by atoms with Gasteiger partial charge in [-0.15, -0.1) is 11.6 Å². The van der Waals surface area contributed by atoms with Crippen LogP contribution in [0.4, 0.5) is 0 Å². The van der Waals surface area contributed by atoms with E-state index in [2.05, 4.69) is 0 Å². The molecule has 0 amide bonds. The molecule has 0 radical (unpaired) electrons. The summed E-state index contributed by atoms with van der Waals surface area (Å²) in [6.45, 7) is 5.08. The lowest BCUT2D eigenvalue weighted by molar-refractivity contribution is -0.142. The molecule has 0 N–H and O–H groups in total. The number of halogens is 1. The fraction of sp³-hybridized carbons (Fsp3) is 0.929. The zero-order chi connectivity index (χ0) is 14.9. The molecule has 0 bridgehead atoms. The predicted molar refractivity (Wildman–Crippen MR) is 78.3 cm³/mol. The summed E-state index contributed by atoms with van der Waals surface area (Å²) in [6, 6.07) is 0. The van der Waals surface area contributed by atoms with Crippen LogP contribution < -0.4 is 0 Å². The van der Waals surface area contributed by atoms with Gasteiger partial charge in [0.25, 0.3) is 0 Å². The zero-order valence-electron chi connectivity index (χ0n) is 12.4. The van der Waals surface area contributed by atoms with Crippen LogP contribution in [0, 0.1) is 0 Å². The molecule has 0 aliphatic carbocycles. The van der Waals surface area contributed by atoms with E-state index in [1.54, 1.807) is 0 Å². The SMILES string of the molecule is CC(=O)OCCOCCOCCOCCCCCCCl. The van der Waals surface area contributed by atoms with Crippen LogP contribution in [-0.4, -0.2) is 58.1 Å². The Labute approximate surface area is 126 Å². The Morgan fingerprint density at radius 3 is 1.80 bits per heavy atom. The summed E-state index contributed by atoms with van der Waals surface area (Å²) in [4.78, 5) is 10.5. The van der Waals surface area contributed by atoms with Crippen molar-refractivity contribution in [3.8, 4) is 0 Å². The van der Waals surface area contributed by atoms with Crippen molar-refractivity contribution in [1.82, 2.24) is 0 Å². The van der Waals surface area contributed by atoms with E-state index < -0.39 is 0 Å². The zero-order valence-corrected chi connectivity index (χ0v) is 13.2. The molecule has 0 aliphatic rings. The first-order valence-electron chi connectivity index (χ1n) is 7.20. The number of esters is 1. The molecule has 5 nitrogen and oxygen atoms in total. The van der Waals surface area contributed by atoms with Crippen LogP contribution in [0.15, 0.2) is 0 Å². The highest BCUT2D eigenvalue weighted by molar-refractivity contribution is 6.17. The number of carbonyl (C=O) groups excluding carboxylic acids is 1. The minimum Gasteiger partial charge on any atom is -0.463 e. The quantitative estimate of drug-likeness (QED) is 0.264. The van der Waals surface area contributed by atoms with Crippen LogP contribution in [0.3, 0.4) is 0 Å². The van der Waals surface area contributed by atoms with E-state index >= 15 is 0 Å². The Kier molecular flexibility index (Phi) is 16.4. The number of alkyl halides is 1. The van der Waals surface area contributed by atoms with Crippen LogP contribution in [-0.2, 0) is 23.7 Å². The van der Waals surface area contributed by atoms with Gasteiger partial charge in [0.15, 0.2) is 0 Å². The number of rotatable bonds is 15. The van der Waals surface area contributed by atoms with E-state index in [1.165, 1.54) is 19.8 Å². The lowest BCUT2D eigenvalue weighted by Gasteiger charge is -2.07. The van der Waals surface area contributed by atoms with Crippen LogP contribution in [0.2, 0.25) is 0 Å². The number of ether oxygens (including phenoxy) is 4. The predicted octanol–water partition coefficient (Wildman–Crippen LogP) is 2.40. The van der Waals surface area contributed by atoms with Crippen molar-refractivity contribution >= 4 is 17.6 Å². The molecular formula is C14H27ClO5. The van der Waals surface area contributed by atoms with Gasteiger partial charge < -0.3 is 18.9 Å². The van der Waals surface area contributed by atoms with Gasteiger partial charge >= 0.3 is 5.97 Å². The molecule has 0 rings (SSSR count). The lowest BCUT2D eigenvalue weighted by Crippen LogP contribution is -2.13.